The van der Waals surface area contributed by atoms with Crippen molar-refractivity contribution in [2.75, 3.05) is 20.2 Å². The van der Waals surface area contributed by atoms with E-state index in [2.05, 4.69) is 34.6 Å². The van der Waals surface area contributed by atoms with Crippen LogP contribution in [0.5, 0.6) is 0 Å². The number of nitrogens with zero attached hydrogens (tertiary/aromatic N) is 3. The lowest BCUT2D eigenvalue weighted by molar-refractivity contribution is -0.144. The first-order valence-corrected chi connectivity index (χ1v) is 7.03. The number of hydrogen-bond donors (Lipinski definition) is 0. The summed E-state index contributed by atoms with van der Waals surface area (Å²) in [5.41, 5.74) is 2.38. The van der Waals surface area contributed by atoms with Gasteiger partial charge in [0.25, 0.3) is 0 Å². The first-order chi connectivity index (χ1) is 9.17. The smallest absolute Gasteiger partial charge is 0.310 e. The van der Waals surface area contributed by atoms with Gasteiger partial charge in [0.2, 0.25) is 0 Å². The van der Waals surface area contributed by atoms with E-state index in [0.29, 0.717) is 0 Å². The summed E-state index contributed by atoms with van der Waals surface area (Å²) in [5, 5.41) is 4.56. The van der Waals surface area contributed by atoms with Crippen molar-refractivity contribution < 1.29 is 9.53 Å². The number of carbonyl (C=O) groups excluding carboxylic acids is 1. The molecule has 0 saturated carbocycles. The van der Waals surface area contributed by atoms with Crippen LogP contribution in [0.25, 0.3) is 0 Å². The largest absolute Gasteiger partial charge is 0.469 e. The van der Waals surface area contributed by atoms with Crippen LogP contribution < -0.4 is 0 Å². The Balaban J connectivity index is 1.98. The molecule has 0 N–H and O–H groups in total. The summed E-state index contributed by atoms with van der Waals surface area (Å²) in [6, 6.07) is 2.18. The van der Waals surface area contributed by atoms with Gasteiger partial charge in [-0.2, -0.15) is 5.10 Å². The Morgan fingerprint density at radius 1 is 1.53 bits per heavy atom. The number of likely N-dealkylation sites (tertiary alicyclic amines) is 1. The van der Waals surface area contributed by atoms with Gasteiger partial charge in [0.1, 0.15) is 0 Å². The van der Waals surface area contributed by atoms with Crippen LogP contribution in [0.15, 0.2) is 6.07 Å². The molecule has 1 aliphatic heterocycles. The number of carbonyl (C=O) groups is 1. The fourth-order valence-corrected chi connectivity index (χ4v) is 2.65. The SMILES string of the molecule is CCc1cc(CN2CCC(C(=O)OC)C2)n(CC)n1. The highest BCUT2D eigenvalue weighted by molar-refractivity contribution is 5.72. The molecule has 1 fully saturated rings. The van der Waals surface area contributed by atoms with Crippen molar-refractivity contribution in [2.45, 2.75) is 39.8 Å². The summed E-state index contributed by atoms with van der Waals surface area (Å²) in [6.45, 7) is 7.74. The molecule has 0 radical (unpaired) electrons. The molecular weight excluding hydrogens is 242 g/mol. The van der Waals surface area contributed by atoms with Crippen LogP contribution in [0.1, 0.15) is 31.7 Å². The lowest BCUT2D eigenvalue weighted by Gasteiger charge is -2.15. The lowest BCUT2D eigenvalue weighted by Crippen LogP contribution is -2.24. The van der Waals surface area contributed by atoms with Crippen LogP contribution in [-0.4, -0.2) is 40.8 Å². The van der Waals surface area contributed by atoms with Crippen LogP contribution >= 0.6 is 0 Å². The standard InChI is InChI=1S/C14H23N3O2/c1-4-12-8-13(17(5-2)15-12)10-16-7-6-11(9-16)14(18)19-3/h8,11H,4-7,9-10H2,1-3H3. The van der Waals surface area contributed by atoms with E-state index >= 15 is 0 Å². The third-order valence-electron chi connectivity index (χ3n) is 3.77. The van der Waals surface area contributed by atoms with E-state index in [0.717, 1.165) is 44.7 Å². The molecule has 1 atom stereocenters. The molecule has 0 spiro atoms. The quantitative estimate of drug-likeness (QED) is 0.756. The van der Waals surface area contributed by atoms with E-state index in [9.17, 15) is 4.79 Å². The summed E-state index contributed by atoms with van der Waals surface area (Å²) in [7, 11) is 1.46. The second-order valence-electron chi connectivity index (χ2n) is 5.04. The third-order valence-corrected chi connectivity index (χ3v) is 3.77. The molecular formula is C14H23N3O2. The van der Waals surface area contributed by atoms with E-state index in [1.54, 1.807) is 0 Å². The van der Waals surface area contributed by atoms with Gasteiger partial charge >= 0.3 is 5.97 Å². The highest BCUT2D eigenvalue weighted by atomic mass is 16.5. The number of rotatable bonds is 5. The summed E-state index contributed by atoms with van der Waals surface area (Å²) in [4.78, 5) is 13.8. The maximum atomic E-state index is 11.5. The topological polar surface area (TPSA) is 47.4 Å². The average Bonchev–Trinajstić information content (AvgIpc) is 3.05. The maximum absolute atomic E-state index is 11.5. The zero-order chi connectivity index (χ0) is 13.8. The van der Waals surface area contributed by atoms with Crippen molar-refractivity contribution in [3.05, 3.63) is 17.5 Å². The van der Waals surface area contributed by atoms with E-state index in [1.165, 1.54) is 12.8 Å². The molecule has 5 nitrogen and oxygen atoms in total. The molecule has 1 aromatic rings. The number of hydrogen-bond acceptors (Lipinski definition) is 4. The predicted octanol–water partition coefficient (Wildman–Crippen LogP) is 1.46. The van der Waals surface area contributed by atoms with Gasteiger partial charge in [0.15, 0.2) is 0 Å². The van der Waals surface area contributed by atoms with Crippen molar-refractivity contribution in [2.24, 2.45) is 5.92 Å². The van der Waals surface area contributed by atoms with Gasteiger partial charge in [-0.3, -0.25) is 14.4 Å². The van der Waals surface area contributed by atoms with Crippen molar-refractivity contribution in [3.63, 3.8) is 0 Å². The van der Waals surface area contributed by atoms with Gasteiger partial charge in [-0.1, -0.05) is 6.92 Å². The normalized spacial score (nSPS) is 19.8. The number of ether oxygens (including phenoxy) is 1. The van der Waals surface area contributed by atoms with Crippen molar-refractivity contribution in [1.29, 1.82) is 0 Å². The van der Waals surface area contributed by atoms with Gasteiger partial charge in [0, 0.05) is 19.6 Å². The Kier molecular flexibility index (Phi) is 4.58. The molecule has 1 aromatic heterocycles. The molecule has 0 aliphatic carbocycles. The first kappa shape index (κ1) is 14.1. The summed E-state index contributed by atoms with van der Waals surface area (Å²) < 4.78 is 6.88. The van der Waals surface area contributed by atoms with Gasteiger partial charge < -0.3 is 4.74 Å². The zero-order valence-corrected chi connectivity index (χ0v) is 12.1. The number of esters is 1. The van der Waals surface area contributed by atoms with Crippen LogP contribution in [0.3, 0.4) is 0 Å². The third kappa shape index (κ3) is 3.15. The number of methoxy groups -OCH3 is 1. The fourth-order valence-electron chi connectivity index (χ4n) is 2.65. The fraction of sp³-hybridized carbons (Fsp3) is 0.714. The van der Waals surface area contributed by atoms with Crippen LogP contribution in [0, 0.1) is 5.92 Å². The minimum absolute atomic E-state index is 0.0358. The number of aromatic nitrogens is 2. The Morgan fingerprint density at radius 2 is 2.32 bits per heavy atom. The van der Waals surface area contributed by atoms with Crippen LogP contribution in [-0.2, 0) is 29.0 Å². The minimum atomic E-state index is -0.0826. The van der Waals surface area contributed by atoms with Gasteiger partial charge in [-0.05, 0) is 32.4 Å². The zero-order valence-electron chi connectivity index (χ0n) is 12.1. The Hall–Kier alpha value is -1.36. The second-order valence-corrected chi connectivity index (χ2v) is 5.04. The molecule has 0 amide bonds. The van der Waals surface area contributed by atoms with Crippen molar-refractivity contribution in [1.82, 2.24) is 14.7 Å². The maximum Gasteiger partial charge on any atom is 0.310 e. The van der Waals surface area contributed by atoms with Gasteiger partial charge in [-0.25, -0.2) is 0 Å². The lowest BCUT2D eigenvalue weighted by atomic mass is 10.1. The average molecular weight is 265 g/mol. The molecule has 2 rings (SSSR count). The van der Waals surface area contributed by atoms with E-state index in [4.69, 9.17) is 4.74 Å². The van der Waals surface area contributed by atoms with Gasteiger partial charge in [-0.15, -0.1) is 0 Å². The highest BCUT2D eigenvalue weighted by Gasteiger charge is 2.29. The van der Waals surface area contributed by atoms with Crippen LogP contribution in [0.4, 0.5) is 0 Å². The van der Waals surface area contributed by atoms with Crippen LogP contribution in [0.2, 0.25) is 0 Å². The van der Waals surface area contributed by atoms with Crippen molar-refractivity contribution in [3.8, 4) is 0 Å². The number of aryl methyl sites for hydroxylation is 2. The summed E-state index contributed by atoms with van der Waals surface area (Å²) >= 11 is 0. The molecule has 0 aromatic carbocycles. The van der Waals surface area contributed by atoms with E-state index in [-0.39, 0.29) is 11.9 Å². The molecule has 19 heavy (non-hydrogen) atoms. The summed E-state index contributed by atoms with van der Waals surface area (Å²) in [6.07, 6.45) is 1.86. The Labute approximate surface area is 114 Å². The Bertz CT molecular complexity index is 442. The van der Waals surface area contributed by atoms with E-state index in [1.807, 2.05) is 0 Å². The molecule has 5 heteroatoms. The molecule has 1 aliphatic rings. The minimum Gasteiger partial charge on any atom is -0.469 e. The molecule has 0 bridgehead atoms. The first-order valence-electron chi connectivity index (χ1n) is 7.03. The van der Waals surface area contributed by atoms with E-state index < -0.39 is 0 Å². The highest BCUT2D eigenvalue weighted by Crippen LogP contribution is 2.20. The molecule has 2 heterocycles. The molecule has 1 saturated heterocycles. The molecule has 106 valence electrons. The summed E-state index contributed by atoms with van der Waals surface area (Å²) in [5.74, 6) is -0.0469. The monoisotopic (exact) mass is 265 g/mol. The predicted molar refractivity (Wildman–Crippen MR) is 72.7 cm³/mol. The van der Waals surface area contributed by atoms with Gasteiger partial charge in [0.05, 0.1) is 24.4 Å². The second kappa shape index (κ2) is 6.19. The molecule has 1 unspecified atom stereocenters. The Morgan fingerprint density at radius 3 is 2.95 bits per heavy atom. The van der Waals surface area contributed by atoms with Crippen molar-refractivity contribution >= 4 is 5.97 Å².